The van der Waals surface area contributed by atoms with Gasteiger partial charge in [-0.25, -0.2) is 14.6 Å². The largest absolute Gasteiger partial charge is 0.378 e. The van der Waals surface area contributed by atoms with Crippen molar-refractivity contribution in [1.29, 1.82) is 0 Å². The van der Waals surface area contributed by atoms with E-state index in [1.807, 2.05) is 43.3 Å². The van der Waals surface area contributed by atoms with Gasteiger partial charge in [0.15, 0.2) is 0 Å². The second kappa shape index (κ2) is 8.18. The topological polar surface area (TPSA) is 85.2 Å². The standard InChI is InChI=1S/C20H22N6O2/c1-15-18(14-23-26(15)17-5-3-2-4-6-17)19(27)22-13-16-7-8-21-20(24-16)25-9-11-28-12-10-25/h2-8,14H,9-13H2,1H3,(H,22,27). The van der Waals surface area contributed by atoms with Crippen molar-refractivity contribution in [2.75, 3.05) is 31.2 Å². The van der Waals surface area contributed by atoms with Gasteiger partial charge in [-0.2, -0.15) is 5.10 Å². The minimum atomic E-state index is -0.175. The molecule has 28 heavy (non-hydrogen) atoms. The third kappa shape index (κ3) is 3.86. The van der Waals surface area contributed by atoms with Gasteiger partial charge >= 0.3 is 0 Å². The van der Waals surface area contributed by atoms with Crippen LogP contribution in [0.2, 0.25) is 0 Å². The van der Waals surface area contributed by atoms with Crippen molar-refractivity contribution in [1.82, 2.24) is 25.1 Å². The number of amides is 1. The van der Waals surface area contributed by atoms with E-state index in [1.54, 1.807) is 17.1 Å². The van der Waals surface area contributed by atoms with Gasteiger partial charge in [0.25, 0.3) is 5.91 Å². The molecule has 1 saturated heterocycles. The smallest absolute Gasteiger partial charge is 0.255 e. The molecular weight excluding hydrogens is 356 g/mol. The number of rotatable bonds is 5. The van der Waals surface area contributed by atoms with E-state index in [-0.39, 0.29) is 5.91 Å². The first kappa shape index (κ1) is 18.1. The summed E-state index contributed by atoms with van der Waals surface area (Å²) in [5.74, 6) is 0.495. The minimum Gasteiger partial charge on any atom is -0.378 e. The third-order valence-electron chi connectivity index (χ3n) is 4.68. The summed E-state index contributed by atoms with van der Waals surface area (Å²) in [4.78, 5) is 23.6. The first-order valence-electron chi connectivity index (χ1n) is 9.25. The molecule has 2 aromatic heterocycles. The van der Waals surface area contributed by atoms with Crippen molar-refractivity contribution in [3.8, 4) is 5.69 Å². The second-order valence-electron chi connectivity index (χ2n) is 6.52. The summed E-state index contributed by atoms with van der Waals surface area (Å²) >= 11 is 0. The van der Waals surface area contributed by atoms with Gasteiger partial charge in [-0.1, -0.05) is 18.2 Å². The summed E-state index contributed by atoms with van der Waals surface area (Å²) in [7, 11) is 0. The molecule has 8 nitrogen and oxygen atoms in total. The molecule has 0 unspecified atom stereocenters. The van der Waals surface area contributed by atoms with Crippen molar-refractivity contribution >= 4 is 11.9 Å². The lowest BCUT2D eigenvalue weighted by Crippen LogP contribution is -2.37. The fourth-order valence-electron chi connectivity index (χ4n) is 3.13. The zero-order chi connectivity index (χ0) is 19.3. The van der Waals surface area contributed by atoms with Crippen LogP contribution in [0.15, 0.2) is 48.8 Å². The summed E-state index contributed by atoms with van der Waals surface area (Å²) in [5.41, 5.74) is 3.02. The molecule has 0 atom stereocenters. The number of morpholine rings is 1. The maximum atomic E-state index is 12.6. The average molecular weight is 378 g/mol. The molecule has 144 valence electrons. The van der Waals surface area contributed by atoms with E-state index in [0.717, 1.165) is 30.2 Å². The van der Waals surface area contributed by atoms with Gasteiger partial charge in [0.2, 0.25) is 5.95 Å². The van der Waals surface area contributed by atoms with Crippen molar-refractivity contribution in [3.63, 3.8) is 0 Å². The summed E-state index contributed by atoms with van der Waals surface area (Å²) in [6.45, 7) is 5.11. The Morgan fingerprint density at radius 3 is 2.75 bits per heavy atom. The van der Waals surface area contributed by atoms with E-state index >= 15 is 0 Å². The summed E-state index contributed by atoms with van der Waals surface area (Å²) in [6, 6.07) is 11.5. The zero-order valence-corrected chi connectivity index (χ0v) is 15.7. The van der Waals surface area contributed by atoms with Crippen molar-refractivity contribution in [3.05, 3.63) is 65.7 Å². The number of anilines is 1. The zero-order valence-electron chi connectivity index (χ0n) is 15.7. The summed E-state index contributed by atoms with van der Waals surface area (Å²) in [5, 5.41) is 7.27. The molecule has 3 aromatic rings. The molecule has 1 aliphatic heterocycles. The van der Waals surface area contributed by atoms with Gasteiger partial charge in [-0.15, -0.1) is 0 Å². The number of benzene rings is 1. The van der Waals surface area contributed by atoms with Crippen LogP contribution in [0.25, 0.3) is 5.69 Å². The van der Waals surface area contributed by atoms with Gasteiger partial charge in [0.1, 0.15) is 0 Å². The number of ether oxygens (including phenoxy) is 1. The molecule has 1 aliphatic rings. The van der Waals surface area contributed by atoms with Crippen LogP contribution < -0.4 is 10.2 Å². The number of nitrogens with zero attached hydrogens (tertiary/aromatic N) is 5. The number of aromatic nitrogens is 4. The normalized spacial score (nSPS) is 14.1. The van der Waals surface area contributed by atoms with E-state index in [1.165, 1.54) is 0 Å². The van der Waals surface area contributed by atoms with E-state index in [2.05, 4.69) is 25.3 Å². The highest BCUT2D eigenvalue weighted by atomic mass is 16.5. The Bertz CT molecular complexity index is 950. The van der Waals surface area contributed by atoms with Crippen LogP contribution in [0.1, 0.15) is 21.7 Å². The first-order chi connectivity index (χ1) is 13.7. The minimum absolute atomic E-state index is 0.175. The molecule has 1 fully saturated rings. The number of para-hydroxylation sites is 1. The van der Waals surface area contributed by atoms with Crippen LogP contribution >= 0.6 is 0 Å². The number of carbonyl (C=O) groups is 1. The Morgan fingerprint density at radius 1 is 1.18 bits per heavy atom. The highest BCUT2D eigenvalue weighted by Crippen LogP contribution is 2.14. The number of nitrogens with one attached hydrogen (secondary N) is 1. The van der Waals surface area contributed by atoms with E-state index in [0.29, 0.717) is 31.3 Å². The lowest BCUT2D eigenvalue weighted by atomic mass is 10.2. The summed E-state index contributed by atoms with van der Waals surface area (Å²) < 4.78 is 7.12. The molecule has 0 bridgehead atoms. The SMILES string of the molecule is Cc1c(C(=O)NCc2ccnc(N3CCOCC3)n2)cnn1-c1ccccc1. The highest BCUT2D eigenvalue weighted by Gasteiger charge is 2.16. The lowest BCUT2D eigenvalue weighted by Gasteiger charge is -2.26. The van der Waals surface area contributed by atoms with Gasteiger partial charge in [0.05, 0.1) is 48.6 Å². The Labute approximate surface area is 163 Å². The van der Waals surface area contributed by atoms with E-state index < -0.39 is 0 Å². The quantitative estimate of drug-likeness (QED) is 0.728. The predicted molar refractivity (Wildman–Crippen MR) is 105 cm³/mol. The van der Waals surface area contributed by atoms with Gasteiger partial charge in [-0.05, 0) is 25.1 Å². The molecular formula is C20H22N6O2. The summed E-state index contributed by atoms with van der Waals surface area (Å²) in [6.07, 6.45) is 3.31. The monoisotopic (exact) mass is 378 g/mol. The Morgan fingerprint density at radius 2 is 1.96 bits per heavy atom. The van der Waals surface area contributed by atoms with E-state index in [9.17, 15) is 4.79 Å². The van der Waals surface area contributed by atoms with Gasteiger partial charge in [-0.3, -0.25) is 4.79 Å². The molecule has 4 rings (SSSR count). The van der Waals surface area contributed by atoms with Crippen LogP contribution in [0.5, 0.6) is 0 Å². The highest BCUT2D eigenvalue weighted by molar-refractivity contribution is 5.95. The molecule has 3 heterocycles. The molecule has 0 saturated carbocycles. The van der Waals surface area contributed by atoms with Gasteiger partial charge < -0.3 is 15.0 Å². The van der Waals surface area contributed by atoms with Gasteiger partial charge in [0, 0.05) is 19.3 Å². The van der Waals surface area contributed by atoms with Crippen LogP contribution in [0.3, 0.4) is 0 Å². The van der Waals surface area contributed by atoms with Crippen LogP contribution in [-0.4, -0.2) is 52.0 Å². The third-order valence-corrected chi connectivity index (χ3v) is 4.68. The fraction of sp³-hybridized carbons (Fsp3) is 0.300. The van der Waals surface area contributed by atoms with Crippen LogP contribution in [0, 0.1) is 6.92 Å². The second-order valence-corrected chi connectivity index (χ2v) is 6.52. The number of hydrogen-bond acceptors (Lipinski definition) is 6. The van der Waals surface area contributed by atoms with Crippen molar-refractivity contribution in [2.45, 2.75) is 13.5 Å². The molecule has 0 radical (unpaired) electrons. The Balaban J connectivity index is 1.43. The lowest BCUT2D eigenvalue weighted by molar-refractivity contribution is 0.0949. The Kier molecular flexibility index (Phi) is 5.29. The maximum absolute atomic E-state index is 12.6. The van der Waals surface area contributed by atoms with Crippen molar-refractivity contribution < 1.29 is 9.53 Å². The molecule has 1 aromatic carbocycles. The molecule has 1 amide bonds. The van der Waals surface area contributed by atoms with Crippen molar-refractivity contribution in [2.24, 2.45) is 0 Å². The van der Waals surface area contributed by atoms with Crippen LogP contribution in [-0.2, 0) is 11.3 Å². The van der Waals surface area contributed by atoms with Crippen LogP contribution in [0.4, 0.5) is 5.95 Å². The number of carbonyl (C=O) groups excluding carboxylic acids is 1. The fourth-order valence-corrected chi connectivity index (χ4v) is 3.13. The number of hydrogen-bond donors (Lipinski definition) is 1. The molecule has 8 heteroatoms. The molecule has 0 spiro atoms. The van der Waals surface area contributed by atoms with E-state index in [4.69, 9.17) is 4.74 Å². The maximum Gasteiger partial charge on any atom is 0.255 e. The average Bonchev–Trinajstić information content (AvgIpc) is 3.15. The molecule has 1 N–H and O–H groups in total. The Hall–Kier alpha value is -3.26. The first-order valence-corrected chi connectivity index (χ1v) is 9.25. The molecule has 0 aliphatic carbocycles. The predicted octanol–water partition coefficient (Wildman–Crippen LogP) is 1.74.